The van der Waals surface area contributed by atoms with Crippen LogP contribution in [0.25, 0.3) is 0 Å². The molecule has 0 fully saturated rings. The van der Waals surface area contributed by atoms with Crippen LogP contribution in [0, 0.1) is 0 Å². The minimum absolute atomic E-state index is 0.0736. The highest BCUT2D eigenvalue weighted by molar-refractivity contribution is 5.66. The predicted molar refractivity (Wildman–Crippen MR) is 88.5 cm³/mol. The van der Waals surface area contributed by atoms with E-state index in [1.165, 1.54) is 44.9 Å². The number of hydrogen-bond acceptors (Lipinski definition) is 2. The lowest BCUT2D eigenvalue weighted by Gasteiger charge is -2.08. The summed E-state index contributed by atoms with van der Waals surface area (Å²) < 4.78 is 0. The molecule has 0 amide bonds. The molecule has 1 unspecified atom stereocenters. The van der Waals surface area contributed by atoms with Gasteiger partial charge in [-0.2, -0.15) is 0 Å². The maximum atomic E-state index is 10.4. The fourth-order valence-electron chi connectivity index (χ4n) is 2.35. The van der Waals surface area contributed by atoms with Crippen LogP contribution in [0.15, 0.2) is 12.2 Å². The fraction of sp³-hybridized carbons (Fsp3) is 0.833. The van der Waals surface area contributed by atoms with E-state index in [9.17, 15) is 9.90 Å². The Balaban J connectivity index is 3.21. The molecule has 1 atom stereocenters. The Hall–Kier alpha value is -0.830. The lowest BCUT2D eigenvalue weighted by molar-refractivity contribution is -0.137. The number of rotatable bonds is 15. The van der Waals surface area contributed by atoms with Gasteiger partial charge in [-0.25, -0.2) is 0 Å². The van der Waals surface area contributed by atoms with Crippen LogP contribution in [0.1, 0.15) is 90.4 Å². The maximum Gasteiger partial charge on any atom is 0.303 e. The van der Waals surface area contributed by atoms with E-state index in [2.05, 4.69) is 19.1 Å². The Kier molecular flexibility index (Phi) is 14.9. The molecule has 124 valence electrons. The molecule has 0 heterocycles. The Morgan fingerprint density at radius 2 is 1.48 bits per heavy atom. The highest BCUT2D eigenvalue weighted by atomic mass is 16.4. The van der Waals surface area contributed by atoms with Crippen LogP contribution in [-0.2, 0) is 4.79 Å². The predicted octanol–water partition coefficient (Wildman–Crippen LogP) is 5.08. The number of carboxylic acids is 1. The molecular weight excluding hydrogens is 264 g/mol. The molecule has 3 nitrogen and oxygen atoms in total. The number of allylic oxidation sites excluding steroid dienone is 2. The van der Waals surface area contributed by atoms with E-state index >= 15 is 0 Å². The maximum absolute atomic E-state index is 10.4. The Morgan fingerprint density at radius 3 is 2.05 bits per heavy atom. The number of carboxylic acid groups (broad SMARTS) is 1. The molecule has 0 bridgehead atoms. The monoisotopic (exact) mass is 298 g/mol. The summed E-state index contributed by atoms with van der Waals surface area (Å²) in [6, 6.07) is 0. The molecule has 0 aliphatic carbocycles. The molecule has 0 saturated carbocycles. The minimum atomic E-state index is -0.824. The molecule has 0 aliphatic heterocycles. The first kappa shape index (κ1) is 20.2. The highest BCUT2D eigenvalue weighted by Crippen LogP contribution is 2.11. The molecule has 0 aliphatic rings. The van der Waals surface area contributed by atoms with E-state index in [4.69, 9.17) is 5.11 Å². The third-order valence-electron chi connectivity index (χ3n) is 3.74. The van der Waals surface area contributed by atoms with E-state index < -0.39 is 12.1 Å². The first-order chi connectivity index (χ1) is 10.2. The zero-order valence-electron chi connectivity index (χ0n) is 13.7. The van der Waals surface area contributed by atoms with Crippen molar-refractivity contribution in [3.63, 3.8) is 0 Å². The number of aliphatic hydroxyl groups excluding tert-OH is 1. The van der Waals surface area contributed by atoms with E-state index in [0.29, 0.717) is 6.42 Å². The Labute approximate surface area is 130 Å². The van der Waals surface area contributed by atoms with Crippen LogP contribution < -0.4 is 0 Å². The van der Waals surface area contributed by atoms with Crippen LogP contribution in [0.3, 0.4) is 0 Å². The minimum Gasteiger partial charge on any atom is -0.481 e. The lowest BCUT2D eigenvalue weighted by atomic mass is 10.0. The number of aliphatic hydroxyl groups is 1. The lowest BCUT2D eigenvalue weighted by Crippen LogP contribution is -2.09. The van der Waals surface area contributed by atoms with Gasteiger partial charge >= 0.3 is 5.97 Å². The molecule has 0 saturated heterocycles. The molecule has 3 heteroatoms. The van der Waals surface area contributed by atoms with Crippen LogP contribution in [0.4, 0.5) is 0 Å². The quantitative estimate of drug-likeness (QED) is 0.327. The number of hydrogen-bond donors (Lipinski definition) is 2. The first-order valence-electron chi connectivity index (χ1n) is 8.71. The van der Waals surface area contributed by atoms with Gasteiger partial charge in [-0.15, -0.1) is 0 Å². The summed E-state index contributed by atoms with van der Waals surface area (Å²) in [5.41, 5.74) is 0. The van der Waals surface area contributed by atoms with Gasteiger partial charge in [0, 0.05) is 6.42 Å². The third kappa shape index (κ3) is 17.1. The summed E-state index contributed by atoms with van der Waals surface area (Å²) >= 11 is 0. The third-order valence-corrected chi connectivity index (χ3v) is 3.74. The molecule has 0 aromatic carbocycles. The van der Waals surface area contributed by atoms with Gasteiger partial charge in [0.25, 0.3) is 0 Å². The molecule has 0 rings (SSSR count). The topological polar surface area (TPSA) is 57.5 Å². The normalized spacial score (nSPS) is 12.9. The van der Waals surface area contributed by atoms with E-state index in [1.807, 2.05) is 0 Å². The summed E-state index contributed by atoms with van der Waals surface area (Å²) in [6.07, 6.45) is 17.6. The standard InChI is InChI=1S/C18H34O3/c1-2-3-4-5-6-7-8-9-10-11-12-13-14-17(19)15-16-18(20)21/h7-8,17,19H,2-6,9-16H2,1H3,(H,20,21)/b8-7-. The zero-order valence-corrected chi connectivity index (χ0v) is 13.7. The first-order valence-corrected chi connectivity index (χ1v) is 8.71. The van der Waals surface area contributed by atoms with Crippen molar-refractivity contribution in [2.24, 2.45) is 0 Å². The largest absolute Gasteiger partial charge is 0.481 e. The summed E-state index contributed by atoms with van der Waals surface area (Å²) in [5, 5.41) is 18.1. The summed E-state index contributed by atoms with van der Waals surface area (Å²) in [4.78, 5) is 10.4. The van der Waals surface area contributed by atoms with Gasteiger partial charge in [-0.3, -0.25) is 4.79 Å². The van der Waals surface area contributed by atoms with Crippen LogP contribution >= 0.6 is 0 Å². The van der Waals surface area contributed by atoms with Crippen LogP contribution in [-0.4, -0.2) is 22.3 Å². The average molecular weight is 298 g/mol. The molecule has 0 spiro atoms. The van der Waals surface area contributed by atoms with Crippen molar-refractivity contribution in [3.8, 4) is 0 Å². The molecule has 0 aromatic heterocycles. The van der Waals surface area contributed by atoms with E-state index in [1.54, 1.807) is 0 Å². The van der Waals surface area contributed by atoms with E-state index in [-0.39, 0.29) is 6.42 Å². The number of carbonyl (C=O) groups is 1. The van der Waals surface area contributed by atoms with Crippen molar-refractivity contribution in [1.82, 2.24) is 0 Å². The zero-order chi connectivity index (χ0) is 15.8. The van der Waals surface area contributed by atoms with Crippen molar-refractivity contribution in [2.75, 3.05) is 0 Å². The van der Waals surface area contributed by atoms with Gasteiger partial charge in [0.15, 0.2) is 0 Å². The summed E-state index contributed by atoms with van der Waals surface area (Å²) in [7, 11) is 0. The van der Waals surface area contributed by atoms with Gasteiger partial charge in [0.2, 0.25) is 0 Å². The van der Waals surface area contributed by atoms with Crippen LogP contribution in [0.2, 0.25) is 0 Å². The molecule has 0 radical (unpaired) electrons. The molecule has 21 heavy (non-hydrogen) atoms. The number of unbranched alkanes of at least 4 members (excludes halogenated alkanes) is 8. The average Bonchev–Trinajstić information content (AvgIpc) is 2.46. The second-order valence-corrected chi connectivity index (χ2v) is 5.90. The Morgan fingerprint density at radius 1 is 0.905 bits per heavy atom. The van der Waals surface area contributed by atoms with Crippen LogP contribution in [0.5, 0.6) is 0 Å². The Bertz CT molecular complexity index is 261. The summed E-state index contributed by atoms with van der Waals surface area (Å²) in [5.74, 6) is -0.824. The SMILES string of the molecule is CCCCCC/C=C\CCCCCCC(O)CCC(=O)O. The van der Waals surface area contributed by atoms with Crippen molar-refractivity contribution in [3.05, 3.63) is 12.2 Å². The van der Waals surface area contributed by atoms with Gasteiger partial charge < -0.3 is 10.2 Å². The van der Waals surface area contributed by atoms with Crippen molar-refractivity contribution in [1.29, 1.82) is 0 Å². The summed E-state index contributed by atoms with van der Waals surface area (Å²) in [6.45, 7) is 2.24. The highest BCUT2D eigenvalue weighted by Gasteiger charge is 2.06. The molecule has 2 N–H and O–H groups in total. The van der Waals surface area contributed by atoms with Gasteiger partial charge in [-0.1, -0.05) is 57.6 Å². The van der Waals surface area contributed by atoms with Crippen molar-refractivity contribution in [2.45, 2.75) is 96.5 Å². The fourth-order valence-corrected chi connectivity index (χ4v) is 2.35. The molecule has 0 aromatic rings. The van der Waals surface area contributed by atoms with Crippen molar-refractivity contribution >= 4 is 5.97 Å². The smallest absolute Gasteiger partial charge is 0.303 e. The second-order valence-electron chi connectivity index (χ2n) is 5.90. The second kappa shape index (κ2) is 15.6. The number of aliphatic carboxylic acids is 1. The van der Waals surface area contributed by atoms with E-state index in [0.717, 1.165) is 25.7 Å². The van der Waals surface area contributed by atoms with Gasteiger partial charge in [0.05, 0.1) is 6.10 Å². The van der Waals surface area contributed by atoms with Gasteiger partial charge in [0.1, 0.15) is 0 Å². The van der Waals surface area contributed by atoms with Gasteiger partial charge in [-0.05, 0) is 38.5 Å². The van der Waals surface area contributed by atoms with Crippen molar-refractivity contribution < 1.29 is 15.0 Å². The molecular formula is C18H34O3.